The monoisotopic (exact) mass is 240 g/mol. The zero-order valence-electron chi connectivity index (χ0n) is 8.79. The summed E-state index contributed by atoms with van der Waals surface area (Å²) in [6, 6.07) is 1.89. The summed E-state index contributed by atoms with van der Waals surface area (Å²) in [4.78, 5) is 9.39. The van der Waals surface area contributed by atoms with Gasteiger partial charge >= 0.3 is 0 Å². The number of nitrogens with two attached hydrogens (primary N) is 1. The number of anilines is 1. The molecule has 0 aliphatic heterocycles. The van der Waals surface area contributed by atoms with Crippen molar-refractivity contribution >= 4 is 22.8 Å². The molecule has 5 heteroatoms. The van der Waals surface area contributed by atoms with Crippen LogP contribution in [-0.4, -0.2) is 14.4 Å². The number of terminal acetylenes is 1. The zero-order valence-corrected chi connectivity index (χ0v) is 9.61. The van der Waals surface area contributed by atoms with Gasteiger partial charge in [-0.15, -0.1) is 17.8 Å². The Labute approximate surface area is 102 Å². The van der Waals surface area contributed by atoms with Crippen molar-refractivity contribution in [3.63, 3.8) is 0 Å². The number of nitrogens with zero attached hydrogens (tertiary/aromatic N) is 3. The van der Waals surface area contributed by atoms with Crippen molar-refractivity contribution < 1.29 is 0 Å². The van der Waals surface area contributed by atoms with E-state index in [1.807, 2.05) is 11.4 Å². The Bertz CT molecular complexity index is 732. The van der Waals surface area contributed by atoms with E-state index in [0.29, 0.717) is 5.82 Å². The van der Waals surface area contributed by atoms with Crippen LogP contribution in [0.4, 0.5) is 5.82 Å². The van der Waals surface area contributed by atoms with E-state index in [9.17, 15) is 0 Å². The predicted molar refractivity (Wildman–Crippen MR) is 68.6 cm³/mol. The van der Waals surface area contributed by atoms with Crippen LogP contribution in [-0.2, 0) is 0 Å². The summed E-state index contributed by atoms with van der Waals surface area (Å²) in [7, 11) is 0. The molecule has 0 amide bonds. The molecule has 3 aromatic heterocycles. The molecule has 0 atom stereocenters. The predicted octanol–water partition coefficient (Wildman–Crippen LogP) is 2.02. The highest BCUT2D eigenvalue weighted by atomic mass is 32.1. The summed E-state index contributed by atoms with van der Waals surface area (Å²) in [6.45, 7) is 0. The number of imidazole rings is 1. The molecule has 0 radical (unpaired) electrons. The third kappa shape index (κ3) is 1.39. The van der Waals surface area contributed by atoms with Crippen molar-refractivity contribution in [1.82, 2.24) is 14.4 Å². The van der Waals surface area contributed by atoms with Crippen molar-refractivity contribution in [2.24, 2.45) is 0 Å². The molecule has 0 aromatic carbocycles. The Kier molecular flexibility index (Phi) is 2.10. The number of hydrogen-bond donors (Lipinski definition) is 1. The highest BCUT2D eigenvalue weighted by Crippen LogP contribution is 2.32. The molecule has 3 aromatic rings. The van der Waals surface area contributed by atoms with E-state index in [2.05, 4.69) is 15.9 Å². The molecule has 0 unspecified atom stereocenters. The van der Waals surface area contributed by atoms with Gasteiger partial charge in [-0.05, 0) is 11.4 Å². The van der Waals surface area contributed by atoms with E-state index in [-0.39, 0.29) is 0 Å². The quantitative estimate of drug-likeness (QED) is 0.662. The normalized spacial score (nSPS) is 10.5. The molecule has 3 rings (SSSR count). The Morgan fingerprint density at radius 3 is 3.12 bits per heavy atom. The fourth-order valence-electron chi connectivity index (χ4n) is 1.70. The Hall–Kier alpha value is -2.32. The average Bonchev–Trinajstić information content (AvgIpc) is 2.94. The first-order valence-electron chi connectivity index (χ1n) is 4.93. The van der Waals surface area contributed by atoms with Crippen LogP contribution < -0.4 is 5.73 Å². The minimum absolute atomic E-state index is 0.585. The molecule has 0 spiro atoms. The van der Waals surface area contributed by atoms with Crippen LogP contribution in [0.5, 0.6) is 0 Å². The fourth-order valence-corrected chi connectivity index (χ4v) is 2.56. The second kappa shape index (κ2) is 3.61. The molecular weight excluding hydrogens is 232 g/mol. The van der Waals surface area contributed by atoms with Crippen LogP contribution >= 0.6 is 11.3 Å². The summed E-state index contributed by atoms with van der Waals surface area (Å²) in [6.07, 6.45) is 10.6. The molecule has 4 nitrogen and oxygen atoms in total. The number of fused-ring (bicyclic) bond motifs is 1. The van der Waals surface area contributed by atoms with Crippen LogP contribution in [0, 0.1) is 12.3 Å². The van der Waals surface area contributed by atoms with Gasteiger partial charge in [0.1, 0.15) is 11.5 Å². The fraction of sp³-hybridized carbons (Fsp3) is 0. The third-order valence-electron chi connectivity index (χ3n) is 2.50. The summed E-state index contributed by atoms with van der Waals surface area (Å²) in [5.74, 6) is 3.22. The minimum Gasteiger partial charge on any atom is -0.383 e. The van der Waals surface area contributed by atoms with E-state index < -0.39 is 0 Å². The maximum absolute atomic E-state index is 6.06. The molecular formula is C12H8N4S. The lowest BCUT2D eigenvalue weighted by molar-refractivity contribution is 1.13. The number of aromatic nitrogens is 3. The SMILES string of the molecule is C#Cc1ccsc1-c1nc2cnccn2c1N. The van der Waals surface area contributed by atoms with Crippen molar-refractivity contribution in [3.05, 3.63) is 35.6 Å². The van der Waals surface area contributed by atoms with E-state index in [1.165, 1.54) is 11.3 Å². The second-order valence-electron chi connectivity index (χ2n) is 3.46. The smallest absolute Gasteiger partial charge is 0.157 e. The van der Waals surface area contributed by atoms with Gasteiger partial charge in [0.05, 0.1) is 11.1 Å². The lowest BCUT2D eigenvalue weighted by atomic mass is 10.2. The zero-order chi connectivity index (χ0) is 11.8. The van der Waals surface area contributed by atoms with E-state index in [1.54, 1.807) is 23.0 Å². The van der Waals surface area contributed by atoms with Crippen LogP contribution in [0.1, 0.15) is 5.56 Å². The van der Waals surface area contributed by atoms with Gasteiger partial charge in [-0.2, -0.15) is 0 Å². The second-order valence-corrected chi connectivity index (χ2v) is 4.37. The molecule has 3 heterocycles. The van der Waals surface area contributed by atoms with Crippen LogP contribution in [0.25, 0.3) is 16.2 Å². The first-order chi connectivity index (χ1) is 8.31. The molecule has 0 saturated carbocycles. The molecule has 2 N–H and O–H groups in total. The average molecular weight is 240 g/mol. The highest BCUT2D eigenvalue weighted by Gasteiger charge is 2.14. The van der Waals surface area contributed by atoms with Crippen molar-refractivity contribution in [3.8, 4) is 22.9 Å². The molecule has 82 valence electrons. The molecule has 17 heavy (non-hydrogen) atoms. The molecule has 0 aliphatic carbocycles. The van der Waals surface area contributed by atoms with Crippen LogP contribution in [0.2, 0.25) is 0 Å². The van der Waals surface area contributed by atoms with Gasteiger partial charge in [-0.25, -0.2) is 4.98 Å². The van der Waals surface area contributed by atoms with Gasteiger partial charge in [-0.3, -0.25) is 9.38 Å². The van der Waals surface area contributed by atoms with Crippen LogP contribution in [0.3, 0.4) is 0 Å². The maximum atomic E-state index is 6.06. The standard InChI is InChI=1S/C12H8N4S/c1-2-8-3-6-17-11(8)10-12(13)16-5-4-14-7-9(16)15-10/h1,3-7H,13H2. The number of hydrogen-bond acceptors (Lipinski definition) is 4. The van der Waals surface area contributed by atoms with Gasteiger partial charge in [0.2, 0.25) is 0 Å². The lowest BCUT2D eigenvalue weighted by Gasteiger charge is -1.96. The van der Waals surface area contributed by atoms with Gasteiger partial charge in [0.15, 0.2) is 5.65 Å². The molecule has 0 saturated heterocycles. The maximum Gasteiger partial charge on any atom is 0.157 e. The number of rotatable bonds is 1. The minimum atomic E-state index is 0.585. The molecule has 0 fully saturated rings. The summed E-state index contributed by atoms with van der Waals surface area (Å²) < 4.78 is 1.79. The third-order valence-corrected chi connectivity index (χ3v) is 3.42. The lowest BCUT2D eigenvalue weighted by Crippen LogP contribution is -1.93. The number of nitrogen functional groups attached to an aromatic ring is 1. The molecule has 0 aliphatic rings. The Morgan fingerprint density at radius 1 is 1.47 bits per heavy atom. The van der Waals surface area contributed by atoms with Crippen molar-refractivity contribution in [1.29, 1.82) is 0 Å². The number of thiophene rings is 1. The van der Waals surface area contributed by atoms with Crippen molar-refractivity contribution in [2.75, 3.05) is 5.73 Å². The van der Waals surface area contributed by atoms with Gasteiger partial charge < -0.3 is 5.73 Å². The Balaban J connectivity index is 2.32. The Morgan fingerprint density at radius 2 is 2.35 bits per heavy atom. The van der Waals surface area contributed by atoms with Crippen LogP contribution in [0.15, 0.2) is 30.0 Å². The van der Waals surface area contributed by atoms with Crippen molar-refractivity contribution in [2.45, 2.75) is 0 Å². The summed E-state index contributed by atoms with van der Waals surface area (Å²) in [5, 5.41) is 1.94. The first-order valence-corrected chi connectivity index (χ1v) is 5.81. The molecule has 0 bridgehead atoms. The highest BCUT2D eigenvalue weighted by molar-refractivity contribution is 7.13. The topological polar surface area (TPSA) is 56.2 Å². The van der Waals surface area contributed by atoms with E-state index in [0.717, 1.165) is 21.8 Å². The largest absolute Gasteiger partial charge is 0.383 e. The first kappa shape index (κ1) is 9.87. The summed E-state index contributed by atoms with van der Waals surface area (Å²) in [5.41, 5.74) is 8.32. The summed E-state index contributed by atoms with van der Waals surface area (Å²) >= 11 is 1.54. The van der Waals surface area contributed by atoms with Gasteiger partial charge in [-0.1, -0.05) is 5.92 Å². The van der Waals surface area contributed by atoms with Gasteiger partial charge in [0.25, 0.3) is 0 Å². The van der Waals surface area contributed by atoms with E-state index >= 15 is 0 Å². The van der Waals surface area contributed by atoms with Gasteiger partial charge in [0, 0.05) is 18.0 Å². The van der Waals surface area contributed by atoms with E-state index in [4.69, 9.17) is 12.2 Å².